The summed E-state index contributed by atoms with van der Waals surface area (Å²) in [6.45, 7) is 2.78. The molecule has 2 N–H and O–H groups in total. The second-order valence-corrected chi connectivity index (χ2v) is 10.7. The minimum absolute atomic E-state index is 0.0988. The Hall–Kier alpha value is -3.20. The first-order chi connectivity index (χ1) is 18.0. The van der Waals surface area contributed by atoms with Crippen LogP contribution in [0.3, 0.4) is 0 Å². The van der Waals surface area contributed by atoms with Crippen molar-refractivity contribution in [1.29, 1.82) is 0 Å². The fourth-order valence-corrected chi connectivity index (χ4v) is 5.66. The smallest absolute Gasteiger partial charge is 0.229 e. The number of carbonyl (C=O) groups is 2. The van der Waals surface area contributed by atoms with Crippen molar-refractivity contribution >= 4 is 35.0 Å². The molecule has 37 heavy (non-hydrogen) atoms. The van der Waals surface area contributed by atoms with Crippen LogP contribution in [0.5, 0.6) is 0 Å². The molecular formula is C28H39N7O2. The number of nitrogens with one attached hydrogen (secondary N) is 2. The van der Waals surface area contributed by atoms with Gasteiger partial charge in [0.15, 0.2) is 5.82 Å². The molecule has 3 heterocycles. The van der Waals surface area contributed by atoms with Crippen molar-refractivity contribution in [2.75, 3.05) is 48.8 Å². The molecule has 9 nitrogen and oxygen atoms in total. The van der Waals surface area contributed by atoms with Crippen molar-refractivity contribution in [3.8, 4) is 0 Å². The van der Waals surface area contributed by atoms with Gasteiger partial charge in [0.25, 0.3) is 0 Å². The summed E-state index contributed by atoms with van der Waals surface area (Å²) in [5.74, 6) is 1.59. The summed E-state index contributed by atoms with van der Waals surface area (Å²) < 4.78 is 0. The van der Waals surface area contributed by atoms with Gasteiger partial charge in [0.05, 0.1) is 6.20 Å². The maximum atomic E-state index is 12.6. The summed E-state index contributed by atoms with van der Waals surface area (Å²) in [6.07, 6.45) is 10.2. The molecule has 2 fully saturated rings. The molecule has 198 valence electrons. The molecule has 9 heteroatoms. The van der Waals surface area contributed by atoms with Crippen molar-refractivity contribution in [2.24, 2.45) is 0 Å². The molecule has 2 aliphatic heterocycles. The largest absolute Gasteiger partial charge is 0.353 e. The number of carbonyl (C=O) groups excluding carboxylic acids is 2. The first kappa shape index (κ1) is 25.4. The van der Waals surface area contributed by atoms with Gasteiger partial charge in [-0.2, -0.15) is 4.98 Å². The summed E-state index contributed by atoms with van der Waals surface area (Å²) in [4.78, 5) is 40.7. The number of aromatic nitrogens is 2. The number of amides is 2. The quantitative estimate of drug-likeness (QED) is 0.595. The lowest BCUT2D eigenvalue weighted by Crippen LogP contribution is -2.43. The Morgan fingerprint density at radius 3 is 2.49 bits per heavy atom. The van der Waals surface area contributed by atoms with Crippen LogP contribution in [0, 0.1) is 0 Å². The topological polar surface area (TPSA) is 93.7 Å². The Balaban J connectivity index is 1.20. The van der Waals surface area contributed by atoms with Gasteiger partial charge in [0.1, 0.15) is 5.69 Å². The number of nitrogens with zero attached hydrogens (tertiary/aromatic N) is 5. The van der Waals surface area contributed by atoms with E-state index in [1.807, 2.05) is 31.3 Å². The predicted octanol–water partition coefficient (Wildman–Crippen LogP) is 3.48. The molecule has 3 aliphatic rings. The van der Waals surface area contributed by atoms with Crippen LogP contribution in [0.25, 0.3) is 0 Å². The zero-order valence-electron chi connectivity index (χ0n) is 22.1. The summed E-state index contributed by atoms with van der Waals surface area (Å²) in [6, 6.07) is 8.83. The van der Waals surface area contributed by atoms with Crippen LogP contribution >= 0.6 is 0 Å². The molecule has 1 aliphatic carbocycles. The molecule has 0 unspecified atom stereocenters. The Morgan fingerprint density at radius 2 is 1.76 bits per heavy atom. The number of benzene rings is 1. The van der Waals surface area contributed by atoms with Crippen LogP contribution in [-0.2, 0) is 16.0 Å². The Labute approximate surface area is 219 Å². The number of rotatable bonds is 7. The molecule has 0 bridgehead atoms. The minimum Gasteiger partial charge on any atom is -0.353 e. The second-order valence-electron chi connectivity index (χ2n) is 10.7. The molecule has 2 amide bonds. The van der Waals surface area contributed by atoms with Gasteiger partial charge in [0.2, 0.25) is 17.8 Å². The van der Waals surface area contributed by atoms with Gasteiger partial charge in [-0.3, -0.25) is 9.59 Å². The minimum atomic E-state index is 0.0988. The fourth-order valence-electron chi connectivity index (χ4n) is 5.66. The normalized spacial score (nSPS) is 19.6. The second kappa shape index (κ2) is 11.5. The molecule has 1 saturated heterocycles. The molecule has 1 saturated carbocycles. The van der Waals surface area contributed by atoms with E-state index in [9.17, 15) is 9.59 Å². The maximum absolute atomic E-state index is 12.6. The van der Waals surface area contributed by atoms with E-state index < -0.39 is 0 Å². The van der Waals surface area contributed by atoms with Crippen molar-refractivity contribution in [3.05, 3.63) is 36.0 Å². The highest BCUT2D eigenvalue weighted by molar-refractivity contribution is 5.97. The van der Waals surface area contributed by atoms with Crippen molar-refractivity contribution in [1.82, 2.24) is 20.2 Å². The number of likely N-dealkylation sites (tertiary alicyclic amines) is 1. The Kier molecular flexibility index (Phi) is 7.88. The summed E-state index contributed by atoms with van der Waals surface area (Å²) in [5.41, 5.74) is 2.79. The lowest BCUT2D eigenvalue weighted by atomic mass is 10.0. The highest BCUT2D eigenvalue weighted by Gasteiger charge is 2.31. The first-order valence-corrected chi connectivity index (χ1v) is 13.7. The average Bonchev–Trinajstić information content (AvgIpc) is 3.40. The standard InChI is InChI=1S/C28H39N7O2/c1-33-16-13-22(14-17-33)30-25(36)12-9-20-7-10-21(11-8-20)31-28-29-19-24-27(32-28)35(23-5-3-4-6-23)18-15-26(37)34(24)2/h7-8,10-11,19,22-23H,3-6,9,12-18H2,1-2H3,(H,30,36)(H,29,31,32). The van der Waals surface area contributed by atoms with Gasteiger partial charge in [-0.1, -0.05) is 25.0 Å². The summed E-state index contributed by atoms with van der Waals surface area (Å²) in [7, 11) is 3.93. The van der Waals surface area contributed by atoms with Gasteiger partial charge in [-0.05, 0) is 69.9 Å². The monoisotopic (exact) mass is 505 g/mol. The van der Waals surface area contributed by atoms with Crippen LogP contribution in [0.15, 0.2) is 30.5 Å². The average molecular weight is 506 g/mol. The fraction of sp³-hybridized carbons (Fsp3) is 0.571. The van der Waals surface area contributed by atoms with Crippen molar-refractivity contribution in [3.63, 3.8) is 0 Å². The third-order valence-corrected chi connectivity index (χ3v) is 8.02. The number of piperidine rings is 1. The maximum Gasteiger partial charge on any atom is 0.229 e. The van der Waals surface area contributed by atoms with E-state index in [1.165, 1.54) is 12.8 Å². The third-order valence-electron chi connectivity index (χ3n) is 8.02. The number of hydrogen-bond acceptors (Lipinski definition) is 7. The Bertz CT molecular complexity index is 1090. The molecule has 0 radical (unpaired) electrons. The van der Waals surface area contributed by atoms with Crippen molar-refractivity contribution < 1.29 is 9.59 Å². The lowest BCUT2D eigenvalue weighted by molar-refractivity contribution is -0.122. The number of anilines is 4. The number of aryl methyl sites for hydroxylation is 1. The van der Waals surface area contributed by atoms with Gasteiger partial charge < -0.3 is 25.3 Å². The zero-order valence-corrected chi connectivity index (χ0v) is 22.1. The number of hydrogen-bond donors (Lipinski definition) is 2. The van der Waals surface area contributed by atoms with E-state index in [0.29, 0.717) is 43.8 Å². The predicted molar refractivity (Wildman–Crippen MR) is 146 cm³/mol. The van der Waals surface area contributed by atoms with Gasteiger partial charge in [0, 0.05) is 44.2 Å². The molecule has 1 aromatic carbocycles. The van der Waals surface area contributed by atoms with Crippen LogP contribution in [0.4, 0.5) is 23.1 Å². The number of fused-ring (bicyclic) bond motifs is 1. The highest BCUT2D eigenvalue weighted by Crippen LogP contribution is 2.36. The SMILES string of the molecule is CN1CCC(NC(=O)CCc2ccc(Nc3ncc4c(n3)N(C3CCCC3)CCC(=O)N4C)cc2)CC1. The van der Waals surface area contributed by atoms with Gasteiger partial charge in [-0.15, -0.1) is 0 Å². The van der Waals surface area contributed by atoms with Gasteiger partial charge in [-0.25, -0.2) is 4.98 Å². The van der Waals surface area contributed by atoms with E-state index in [-0.39, 0.29) is 11.8 Å². The summed E-state index contributed by atoms with van der Waals surface area (Å²) >= 11 is 0. The molecule has 5 rings (SSSR count). The molecule has 0 spiro atoms. The van der Waals surface area contributed by atoms with Crippen LogP contribution in [0.1, 0.15) is 56.9 Å². The van der Waals surface area contributed by atoms with Crippen LogP contribution in [0.2, 0.25) is 0 Å². The van der Waals surface area contributed by atoms with Crippen molar-refractivity contribution in [2.45, 2.75) is 69.9 Å². The molecule has 1 aromatic heterocycles. The van der Waals surface area contributed by atoms with E-state index in [4.69, 9.17) is 4.98 Å². The van der Waals surface area contributed by atoms with E-state index in [2.05, 4.69) is 32.5 Å². The van der Waals surface area contributed by atoms with Crippen LogP contribution < -0.4 is 20.4 Å². The zero-order chi connectivity index (χ0) is 25.8. The van der Waals surface area contributed by atoms with E-state index in [0.717, 1.165) is 61.5 Å². The van der Waals surface area contributed by atoms with Gasteiger partial charge >= 0.3 is 0 Å². The Morgan fingerprint density at radius 1 is 1.03 bits per heavy atom. The highest BCUT2D eigenvalue weighted by atomic mass is 16.2. The molecular weight excluding hydrogens is 466 g/mol. The van der Waals surface area contributed by atoms with Crippen LogP contribution in [-0.4, -0.2) is 72.5 Å². The lowest BCUT2D eigenvalue weighted by Gasteiger charge is -2.30. The van der Waals surface area contributed by atoms with E-state index >= 15 is 0 Å². The molecule has 0 atom stereocenters. The molecule has 2 aromatic rings. The summed E-state index contributed by atoms with van der Waals surface area (Å²) in [5, 5.41) is 6.52. The van der Waals surface area contributed by atoms with E-state index in [1.54, 1.807) is 11.1 Å². The third kappa shape index (κ3) is 6.21. The first-order valence-electron chi connectivity index (χ1n) is 13.7.